The minimum absolute atomic E-state index is 0.0468. The van der Waals surface area contributed by atoms with Gasteiger partial charge in [-0.3, -0.25) is 0 Å². The van der Waals surface area contributed by atoms with E-state index in [1.807, 2.05) is 12.1 Å². The van der Waals surface area contributed by atoms with E-state index < -0.39 is 8.07 Å². The van der Waals surface area contributed by atoms with Crippen LogP contribution < -0.4 is 30.5 Å². The Hall–Kier alpha value is -9.04. The molecule has 0 N–H and O–H groups in total. The molecule has 0 unspecified atom stereocenters. The Balaban J connectivity index is 1.16. The largest absolute Gasteiger partial charge is 0.435 e. The zero-order valence-corrected chi connectivity index (χ0v) is 51.9. The predicted molar refractivity (Wildman–Crippen MR) is 358 cm³/mol. The second kappa shape index (κ2) is 19.5. The molecule has 420 valence electrons. The van der Waals surface area contributed by atoms with E-state index in [9.17, 15) is 0 Å². The fourth-order valence-electron chi connectivity index (χ4n) is 13.2. The number of hydrogen-bond acceptors (Lipinski definition) is 6. The van der Waals surface area contributed by atoms with Crippen LogP contribution in [0.25, 0.3) is 67.4 Å². The van der Waals surface area contributed by atoms with Crippen molar-refractivity contribution in [2.75, 3.05) is 9.80 Å². The van der Waals surface area contributed by atoms with Crippen LogP contribution in [0.3, 0.4) is 0 Å². The van der Waals surface area contributed by atoms with Gasteiger partial charge in [-0.15, -0.1) is 0 Å². The number of hydrogen-bond donors (Lipinski definition) is 0. The molecule has 0 aliphatic carbocycles. The van der Waals surface area contributed by atoms with Gasteiger partial charge >= 0.3 is 0 Å². The summed E-state index contributed by atoms with van der Waals surface area (Å²) in [4.78, 5) is 16.2. The van der Waals surface area contributed by atoms with Gasteiger partial charge in [-0.1, -0.05) is 217 Å². The molecule has 14 rings (SSSR count). The summed E-state index contributed by atoms with van der Waals surface area (Å²) >= 11 is 0. The Labute approximate surface area is 501 Å². The highest BCUT2D eigenvalue weighted by Crippen LogP contribution is 2.51. The highest BCUT2D eigenvalue weighted by molar-refractivity contribution is 7.24. The van der Waals surface area contributed by atoms with E-state index in [2.05, 4.69) is 299 Å². The number of benzene rings is 10. The number of rotatable bonds is 8. The molecule has 2 aromatic heterocycles. The summed E-state index contributed by atoms with van der Waals surface area (Å²) in [5.74, 6) is 1.10. The molecule has 0 atom stereocenters. The number of oxazole rings is 2. The molecular formula is C78H72N4O2Si. The minimum atomic E-state index is -3.45. The van der Waals surface area contributed by atoms with Gasteiger partial charge in [0.15, 0.2) is 19.2 Å². The van der Waals surface area contributed by atoms with Crippen molar-refractivity contribution >= 4 is 85.1 Å². The van der Waals surface area contributed by atoms with E-state index in [-0.39, 0.29) is 21.7 Å². The lowest BCUT2D eigenvalue weighted by Gasteiger charge is -2.32. The summed E-state index contributed by atoms with van der Waals surface area (Å²) in [6, 6.07) is 80.6. The second-order valence-electron chi connectivity index (χ2n) is 27.5. The Morgan fingerprint density at radius 1 is 0.318 bits per heavy atom. The zero-order chi connectivity index (χ0) is 59.0. The van der Waals surface area contributed by atoms with Gasteiger partial charge in [0, 0.05) is 45.0 Å². The molecule has 2 aliphatic heterocycles. The van der Waals surface area contributed by atoms with Crippen LogP contribution in [0.2, 0.25) is 0 Å². The van der Waals surface area contributed by atoms with Crippen molar-refractivity contribution in [3.63, 3.8) is 0 Å². The minimum Gasteiger partial charge on any atom is -0.435 e. The standard InChI is InChI=1S/C78H72N4O2Si/c1-75(2,3)51-31-39-55(40-32-51)81(56-41-33-52(34-42-56)76(4,5)6)61-47-65-67(71-69(61)79-73(83-71)49-23-15-13-16-24-49)68-66(85(65)63-29-21-19-27-59(63)60-28-20-22-30-64(60)85)48-62(70-72(68)84-74(80-70)50-25-17-14-18-26-50)82(57-43-35-53(36-44-57)77(7,8)9)58-45-37-54(38-46-58)78(10,11)12/h13-48H,1-12H3. The van der Waals surface area contributed by atoms with Crippen LogP contribution in [-0.4, -0.2) is 18.0 Å². The molecule has 0 bridgehead atoms. The number of aromatic nitrogens is 2. The van der Waals surface area contributed by atoms with E-state index in [1.54, 1.807) is 0 Å². The summed E-state index contributed by atoms with van der Waals surface area (Å²) in [5, 5.41) is 5.08. The Bertz CT molecular complexity index is 4120. The van der Waals surface area contributed by atoms with Crippen molar-refractivity contribution in [3.8, 4) is 45.2 Å². The van der Waals surface area contributed by atoms with Gasteiger partial charge in [0.05, 0.1) is 11.4 Å². The Morgan fingerprint density at radius 3 is 0.894 bits per heavy atom. The van der Waals surface area contributed by atoms with E-state index in [1.165, 1.54) is 54.1 Å². The molecule has 0 saturated carbocycles. The van der Waals surface area contributed by atoms with Gasteiger partial charge in [-0.05, 0) is 161 Å². The topological polar surface area (TPSA) is 58.5 Å². The molecule has 4 heterocycles. The Kier molecular flexibility index (Phi) is 12.4. The molecule has 0 amide bonds. The molecule has 6 nitrogen and oxygen atoms in total. The van der Waals surface area contributed by atoms with Crippen LogP contribution in [0, 0.1) is 0 Å². The number of anilines is 6. The fraction of sp³-hybridized carbons (Fsp3) is 0.205. The van der Waals surface area contributed by atoms with E-state index >= 15 is 0 Å². The lowest BCUT2D eigenvalue weighted by molar-refractivity contribution is 0.590. The first-order valence-corrected chi connectivity index (χ1v) is 32.0. The maximum Gasteiger partial charge on any atom is 0.227 e. The molecule has 0 saturated heterocycles. The number of nitrogens with zero attached hydrogens (tertiary/aromatic N) is 4. The maximum absolute atomic E-state index is 7.57. The summed E-state index contributed by atoms with van der Waals surface area (Å²) in [6.07, 6.45) is 0. The molecule has 7 heteroatoms. The average molecular weight is 1130 g/mol. The van der Waals surface area contributed by atoms with Crippen molar-refractivity contribution in [1.82, 2.24) is 9.97 Å². The van der Waals surface area contributed by atoms with Crippen molar-refractivity contribution in [2.24, 2.45) is 0 Å². The lowest BCUT2D eigenvalue weighted by Crippen LogP contribution is -2.70. The third-order valence-corrected chi connectivity index (χ3v) is 22.7. The molecule has 0 fully saturated rings. The highest BCUT2D eigenvalue weighted by atomic mass is 28.3. The fourth-order valence-corrected chi connectivity index (χ4v) is 18.8. The van der Waals surface area contributed by atoms with Crippen LogP contribution in [0.5, 0.6) is 0 Å². The van der Waals surface area contributed by atoms with Gasteiger partial charge in [0.25, 0.3) is 0 Å². The van der Waals surface area contributed by atoms with Crippen molar-refractivity contribution in [1.29, 1.82) is 0 Å². The molecular weight excluding hydrogens is 1050 g/mol. The smallest absolute Gasteiger partial charge is 0.227 e. The van der Waals surface area contributed by atoms with Gasteiger partial charge in [-0.2, -0.15) is 0 Å². The summed E-state index contributed by atoms with van der Waals surface area (Å²) < 4.78 is 15.1. The molecule has 85 heavy (non-hydrogen) atoms. The van der Waals surface area contributed by atoms with Gasteiger partial charge in [-0.25, -0.2) is 9.97 Å². The highest BCUT2D eigenvalue weighted by Gasteiger charge is 2.57. The van der Waals surface area contributed by atoms with E-state index in [0.29, 0.717) is 22.9 Å². The third-order valence-electron chi connectivity index (χ3n) is 17.8. The predicted octanol–water partition coefficient (Wildman–Crippen LogP) is 18.8. The average Bonchev–Trinajstić information content (AvgIpc) is 1.50. The maximum atomic E-state index is 7.57. The first kappa shape index (κ1) is 53.9. The summed E-state index contributed by atoms with van der Waals surface area (Å²) in [5.41, 5.74) is 20.1. The van der Waals surface area contributed by atoms with Gasteiger partial charge in [0.1, 0.15) is 11.0 Å². The molecule has 10 aromatic carbocycles. The van der Waals surface area contributed by atoms with Crippen molar-refractivity contribution < 1.29 is 8.83 Å². The normalized spacial score (nSPS) is 13.5. The van der Waals surface area contributed by atoms with Crippen molar-refractivity contribution in [2.45, 2.75) is 105 Å². The Morgan fingerprint density at radius 2 is 0.600 bits per heavy atom. The quantitative estimate of drug-likeness (QED) is 0.141. The first-order chi connectivity index (χ1) is 40.7. The molecule has 1 spiro atoms. The second-order valence-corrected chi connectivity index (χ2v) is 31.1. The monoisotopic (exact) mass is 1120 g/mol. The van der Waals surface area contributed by atoms with Gasteiger partial charge in [0.2, 0.25) is 11.8 Å². The first-order valence-electron chi connectivity index (χ1n) is 30.0. The van der Waals surface area contributed by atoms with Gasteiger partial charge < -0.3 is 18.6 Å². The van der Waals surface area contributed by atoms with Crippen LogP contribution in [0.1, 0.15) is 105 Å². The van der Waals surface area contributed by atoms with E-state index in [0.717, 1.165) is 67.4 Å². The van der Waals surface area contributed by atoms with Crippen molar-refractivity contribution in [3.05, 3.63) is 241 Å². The molecule has 0 radical (unpaired) electrons. The van der Waals surface area contributed by atoms with Crippen LogP contribution in [0.15, 0.2) is 227 Å². The summed E-state index contributed by atoms with van der Waals surface area (Å²) in [7, 11) is -3.45. The third kappa shape index (κ3) is 8.80. The molecule has 2 aliphatic rings. The molecule has 12 aromatic rings. The lowest BCUT2D eigenvalue weighted by atomic mass is 9.86. The summed E-state index contributed by atoms with van der Waals surface area (Å²) in [6.45, 7) is 27.3. The van der Waals surface area contributed by atoms with E-state index in [4.69, 9.17) is 18.8 Å². The van der Waals surface area contributed by atoms with Crippen LogP contribution in [-0.2, 0) is 21.7 Å². The number of fused-ring (bicyclic) bond motifs is 14. The van der Waals surface area contributed by atoms with Crippen LogP contribution in [0.4, 0.5) is 34.1 Å². The SMILES string of the molecule is CC(C)(C)c1ccc(N(c2ccc(C(C)(C)C)cc2)c2cc3c(c4oc(-c5ccccc5)nc24)-c2c(cc(N(c4ccc(C(C)(C)C)cc4)c4ccc(C(C)(C)C)cc4)c4nc(-c5ccccc5)oc24)[Si]32c3ccccc3-c3ccccc32)cc1. The zero-order valence-electron chi connectivity index (χ0n) is 50.9. The van der Waals surface area contributed by atoms with Crippen LogP contribution >= 0.6 is 0 Å².